The van der Waals surface area contributed by atoms with Crippen molar-refractivity contribution in [1.82, 2.24) is 29.5 Å². The third kappa shape index (κ3) is 4.70. The molecular weight excluding hydrogens is 649 g/mol. The zero-order chi connectivity index (χ0) is 34.9. The van der Waals surface area contributed by atoms with E-state index in [0.29, 0.717) is 17.3 Å². The maximum absolute atomic E-state index is 5.40. The SMILES string of the molecule is c1ccc(-c2nc(-c3cc(-c4nc(-c5ccccc5)c5ccccc5n4)nc(-n4c5cccc6ccc7cccc4c7c65)c3)nc3ccccc23)cc1. The molecule has 0 fully saturated rings. The first-order valence-electron chi connectivity index (χ1n) is 17.7. The quantitative estimate of drug-likeness (QED) is 0.170. The predicted octanol–water partition coefficient (Wildman–Crippen LogP) is 11.3. The Morgan fingerprint density at radius 3 is 1.45 bits per heavy atom. The lowest BCUT2D eigenvalue weighted by atomic mass is 10.0. The van der Waals surface area contributed by atoms with E-state index in [2.05, 4.69) is 95.6 Å². The minimum absolute atomic E-state index is 0.530. The molecule has 0 saturated carbocycles. The van der Waals surface area contributed by atoms with E-state index < -0.39 is 0 Å². The van der Waals surface area contributed by atoms with Crippen LogP contribution in [0.25, 0.3) is 106 Å². The standard InChI is InChI=1S/C47H28N6/c1-3-13-31(14-4-1)44-34-19-7-9-21-36(34)49-46(51-44)33-27-38(47-50-37-22-10-8-20-35(37)45(52-47)32-15-5-2-6-16-32)48-41(28-33)53-39-23-11-17-29-25-26-30-18-12-24-40(53)43(30)42(29)39/h1-28H. The monoisotopic (exact) mass is 676 g/mol. The Morgan fingerprint density at radius 1 is 0.358 bits per heavy atom. The summed E-state index contributed by atoms with van der Waals surface area (Å²) >= 11 is 0. The highest BCUT2D eigenvalue weighted by Gasteiger charge is 2.21. The maximum Gasteiger partial charge on any atom is 0.179 e. The van der Waals surface area contributed by atoms with Crippen LogP contribution in [0, 0.1) is 0 Å². The number of pyridine rings is 1. The van der Waals surface area contributed by atoms with E-state index in [1.54, 1.807) is 0 Å². The van der Waals surface area contributed by atoms with Crippen LogP contribution in [-0.4, -0.2) is 29.5 Å². The molecule has 0 amide bonds. The van der Waals surface area contributed by atoms with Crippen molar-refractivity contribution in [2.24, 2.45) is 0 Å². The van der Waals surface area contributed by atoms with Crippen LogP contribution in [0.1, 0.15) is 0 Å². The predicted molar refractivity (Wildman–Crippen MR) is 215 cm³/mol. The number of hydrogen-bond donors (Lipinski definition) is 0. The van der Waals surface area contributed by atoms with Gasteiger partial charge in [0.2, 0.25) is 0 Å². The van der Waals surface area contributed by atoms with Crippen LogP contribution in [0.5, 0.6) is 0 Å². The van der Waals surface area contributed by atoms with Crippen molar-refractivity contribution in [2.75, 3.05) is 0 Å². The van der Waals surface area contributed by atoms with Crippen LogP contribution >= 0.6 is 0 Å². The van der Waals surface area contributed by atoms with Crippen molar-refractivity contribution >= 4 is 54.4 Å². The van der Waals surface area contributed by atoms with Crippen molar-refractivity contribution in [3.05, 3.63) is 170 Å². The van der Waals surface area contributed by atoms with E-state index in [4.69, 9.17) is 24.9 Å². The van der Waals surface area contributed by atoms with E-state index in [-0.39, 0.29) is 0 Å². The molecule has 0 bridgehead atoms. The van der Waals surface area contributed by atoms with Gasteiger partial charge in [0.05, 0.1) is 33.5 Å². The van der Waals surface area contributed by atoms with Gasteiger partial charge in [0, 0.05) is 38.2 Å². The molecule has 11 aromatic rings. The number of aromatic nitrogens is 6. The van der Waals surface area contributed by atoms with E-state index in [1.165, 1.54) is 21.5 Å². The van der Waals surface area contributed by atoms with Crippen LogP contribution < -0.4 is 0 Å². The molecule has 4 heterocycles. The summed E-state index contributed by atoms with van der Waals surface area (Å²) in [5.41, 5.74) is 9.11. The van der Waals surface area contributed by atoms with Crippen molar-refractivity contribution in [3.63, 3.8) is 0 Å². The number of benzene rings is 7. The van der Waals surface area contributed by atoms with Gasteiger partial charge in [-0.2, -0.15) is 0 Å². The van der Waals surface area contributed by atoms with Gasteiger partial charge in [0.15, 0.2) is 11.6 Å². The Balaban J connectivity index is 1.23. The Morgan fingerprint density at radius 2 is 0.868 bits per heavy atom. The number of hydrogen-bond acceptors (Lipinski definition) is 5. The second kappa shape index (κ2) is 11.6. The zero-order valence-electron chi connectivity index (χ0n) is 28.3. The molecule has 0 radical (unpaired) electrons. The normalized spacial score (nSPS) is 11.8. The summed E-state index contributed by atoms with van der Waals surface area (Å²) < 4.78 is 2.26. The molecule has 0 aliphatic carbocycles. The van der Waals surface area contributed by atoms with Crippen LogP contribution in [0.3, 0.4) is 0 Å². The average molecular weight is 677 g/mol. The first-order chi connectivity index (χ1) is 26.3. The molecule has 7 aromatic carbocycles. The average Bonchev–Trinajstić information content (AvgIpc) is 3.58. The van der Waals surface area contributed by atoms with Crippen molar-refractivity contribution in [1.29, 1.82) is 0 Å². The van der Waals surface area contributed by atoms with Crippen molar-refractivity contribution < 1.29 is 0 Å². The summed E-state index contributed by atoms with van der Waals surface area (Å²) in [6.07, 6.45) is 0. The highest BCUT2D eigenvalue weighted by molar-refractivity contribution is 6.24. The summed E-state index contributed by atoms with van der Waals surface area (Å²) in [6, 6.07) is 58.4. The van der Waals surface area contributed by atoms with Crippen LogP contribution in [-0.2, 0) is 0 Å². The van der Waals surface area contributed by atoms with Crippen molar-refractivity contribution in [3.8, 4) is 51.2 Å². The lowest BCUT2D eigenvalue weighted by Crippen LogP contribution is -2.04. The molecule has 0 spiro atoms. The van der Waals surface area contributed by atoms with Gasteiger partial charge in [-0.15, -0.1) is 0 Å². The van der Waals surface area contributed by atoms with Crippen LogP contribution in [0.2, 0.25) is 0 Å². The van der Waals surface area contributed by atoms with Gasteiger partial charge in [-0.05, 0) is 47.2 Å². The molecule has 0 atom stereocenters. The summed E-state index contributed by atoms with van der Waals surface area (Å²) in [4.78, 5) is 26.2. The topological polar surface area (TPSA) is 69.4 Å². The van der Waals surface area contributed by atoms with E-state index in [1.807, 2.05) is 78.9 Å². The molecule has 53 heavy (non-hydrogen) atoms. The number of fused-ring (bicyclic) bond motifs is 2. The van der Waals surface area contributed by atoms with Gasteiger partial charge in [-0.25, -0.2) is 24.9 Å². The highest BCUT2D eigenvalue weighted by Crippen LogP contribution is 2.40. The minimum Gasteiger partial charge on any atom is -0.294 e. The summed E-state index contributed by atoms with van der Waals surface area (Å²) in [7, 11) is 0. The Bertz CT molecular complexity index is 2960. The number of para-hydroxylation sites is 2. The largest absolute Gasteiger partial charge is 0.294 e. The molecule has 0 aliphatic heterocycles. The molecule has 246 valence electrons. The van der Waals surface area contributed by atoms with E-state index in [0.717, 1.165) is 66.7 Å². The molecular formula is C47H28N6. The van der Waals surface area contributed by atoms with Gasteiger partial charge in [0.25, 0.3) is 0 Å². The summed E-state index contributed by atoms with van der Waals surface area (Å²) in [6.45, 7) is 0. The lowest BCUT2D eigenvalue weighted by Gasteiger charge is -2.14. The molecule has 11 rings (SSSR count). The fraction of sp³-hybridized carbons (Fsp3) is 0. The molecule has 4 aromatic heterocycles. The molecule has 6 heteroatoms. The van der Waals surface area contributed by atoms with Gasteiger partial charge in [-0.3, -0.25) is 4.57 Å². The molecule has 0 aliphatic rings. The van der Waals surface area contributed by atoms with Crippen LogP contribution in [0.4, 0.5) is 0 Å². The van der Waals surface area contributed by atoms with Gasteiger partial charge in [-0.1, -0.05) is 133 Å². The fourth-order valence-corrected chi connectivity index (χ4v) is 7.77. The Hall–Kier alpha value is -7.31. The third-order valence-corrected chi connectivity index (χ3v) is 10.2. The minimum atomic E-state index is 0.530. The Kier molecular flexibility index (Phi) is 6.45. The Labute approximate surface area is 304 Å². The third-order valence-electron chi connectivity index (χ3n) is 10.2. The van der Waals surface area contributed by atoms with Crippen molar-refractivity contribution in [2.45, 2.75) is 0 Å². The zero-order valence-corrected chi connectivity index (χ0v) is 28.3. The first kappa shape index (κ1) is 29.4. The second-order valence-electron chi connectivity index (χ2n) is 13.3. The maximum atomic E-state index is 5.40. The fourth-order valence-electron chi connectivity index (χ4n) is 7.77. The summed E-state index contributed by atoms with van der Waals surface area (Å²) in [5, 5.41) is 6.80. The molecule has 0 N–H and O–H groups in total. The van der Waals surface area contributed by atoms with Crippen LogP contribution in [0.15, 0.2) is 170 Å². The smallest absolute Gasteiger partial charge is 0.179 e. The molecule has 6 nitrogen and oxygen atoms in total. The van der Waals surface area contributed by atoms with Gasteiger partial charge in [0.1, 0.15) is 11.5 Å². The number of nitrogens with zero attached hydrogens (tertiary/aromatic N) is 6. The summed E-state index contributed by atoms with van der Waals surface area (Å²) in [5.74, 6) is 1.87. The molecule has 0 unspecified atom stereocenters. The van der Waals surface area contributed by atoms with Gasteiger partial charge >= 0.3 is 0 Å². The van der Waals surface area contributed by atoms with Gasteiger partial charge < -0.3 is 0 Å². The van der Waals surface area contributed by atoms with E-state index in [9.17, 15) is 0 Å². The first-order valence-corrected chi connectivity index (χ1v) is 17.7. The second-order valence-corrected chi connectivity index (χ2v) is 13.3. The lowest BCUT2D eigenvalue weighted by molar-refractivity contribution is 1.06. The number of rotatable bonds is 5. The highest BCUT2D eigenvalue weighted by atomic mass is 15.1. The molecule has 0 saturated heterocycles. The van der Waals surface area contributed by atoms with E-state index >= 15 is 0 Å².